The first-order valence-electron chi connectivity index (χ1n) is 7.36. The molecule has 1 aliphatic rings. The molecule has 4 rings (SSSR count). The molecule has 0 atom stereocenters. The van der Waals surface area contributed by atoms with Gasteiger partial charge in [0.2, 0.25) is 5.95 Å². The Kier molecular flexibility index (Phi) is 2.99. The van der Waals surface area contributed by atoms with Crippen LogP contribution in [0.25, 0.3) is 22.0 Å². The van der Waals surface area contributed by atoms with Crippen LogP contribution in [0, 0.1) is 0 Å². The summed E-state index contributed by atoms with van der Waals surface area (Å²) >= 11 is 0. The van der Waals surface area contributed by atoms with Gasteiger partial charge in [0.15, 0.2) is 11.6 Å². The van der Waals surface area contributed by atoms with Crippen LogP contribution in [0.15, 0.2) is 36.4 Å². The molecule has 0 saturated heterocycles. The molecule has 1 heterocycles. The molecule has 6 nitrogen and oxygen atoms in total. The van der Waals surface area contributed by atoms with Crippen LogP contribution >= 0.6 is 0 Å². The highest BCUT2D eigenvalue weighted by atomic mass is 16.1. The number of aromatic nitrogens is 2. The van der Waals surface area contributed by atoms with Crippen molar-refractivity contribution < 1.29 is 4.79 Å². The minimum absolute atomic E-state index is 0.175. The number of Topliss-reactive ketones (excluding diaryl/α,β-unsaturated/α-hetero) is 1. The van der Waals surface area contributed by atoms with Gasteiger partial charge >= 0.3 is 0 Å². The molecule has 0 spiro atoms. The van der Waals surface area contributed by atoms with Gasteiger partial charge in [-0.25, -0.2) is 10.8 Å². The molecule has 0 bridgehead atoms. The lowest BCUT2D eigenvalue weighted by atomic mass is 9.99. The van der Waals surface area contributed by atoms with E-state index < -0.39 is 0 Å². The first kappa shape index (κ1) is 13.7. The van der Waals surface area contributed by atoms with Crippen LogP contribution in [0.4, 0.5) is 11.8 Å². The van der Waals surface area contributed by atoms with Gasteiger partial charge in [-0.05, 0) is 35.2 Å². The van der Waals surface area contributed by atoms with Crippen molar-refractivity contribution in [2.45, 2.75) is 12.8 Å². The number of hydrogen-bond acceptors (Lipinski definition) is 6. The third-order valence-electron chi connectivity index (χ3n) is 4.21. The predicted octanol–water partition coefficient (Wildman–Crippen LogP) is 2.29. The smallest absolute Gasteiger partial charge is 0.222 e. The van der Waals surface area contributed by atoms with E-state index in [0.29, 0.717) is 12.2 Å². The number of benzene rings is 2. The number of anilines is 2. The van der Waals surface area contributed by atoms with Gasteiger partial charge in [-0.15, -0.1) is 0 Å². The van der Waals surface area contributed by atoms with Crippen molar-refractivity contribution in [1.29, 1.82) is 0 Å². The molecule has 0 unspecified atom stereocenters. The van der Waals surface area contributed by atoms with Gasteiger partial charge in [0.05, 0.1) is 5.52 Å². The van der Waals surface area contributed by atoms with Crippen LogP contribution in [0.2, 0.25) is 0 Å². The van der Waals surface area contributed by atoms with E-state index in [4.69, 9.17) is 11.6 Å². The van der Waals surface area contributed by atoms with Gasteiger partial charge in [-0.1, -0.05) is 24.3 Å². The molecule has 0 aliphatic heterocycles. The standard InChI is InChI=1S/C17H15N5O/c18-17-20-14-5-2-10(8-13(14)16(21-17)22-19)9-1-4-12-11(7-9)3-6-15(12)23/h1-2,4-5,7-8H,3,6,19H2,(H3,18,20,21,22). The Morgan fingerprint density at radius 1 is 1.00 bits per heavy atom. The molecule has 2 aromatic carbocycles. The topological polar surface area (TPSA) is 107 Å². The molecular weight excluding hydrogens is 290 g/mol. The van der Waals surface area contributed by atoms with E-state index >= 15 is 0 Å². The van der Waals surface area contributed by atoms with E-state index in [0.717, 1.165) is 39.6 Å². The Morgan fingerprint density at radius 3 is 2.61 bits per heavy atom. The van der Waals surface area contributed by atoms with Crippen molar-refractivity contribution in [3.8, 4) is 11.1 Å². The highest BCUT2D eigenvalue weighted by molar-refractivity contribution is 6.01. The first-order valence-corrected chi connectivity index (χ1v) is 7.36. The summed E-state index contributed by atoms with van der Waals surface area (Å²) < 4.78 is 0. The minimum Gasteiger partial charge on any atom is -0.368 e. The van der Waals surface area contributed by atoms with E-state index in [1.165, 1.54) is 0 Å². The molecule has 1 aromatic heterocycles. The summed E-state index contributed by atoms with van der Waals surface area (Å²) in [7, 11) is 0. The van der Waals surface area contributed by atoms with Crippen molar-refractivity contribution in [3.63, 3.8) is 0 Å². The van der Waals surface area contributed by atoms with Crippen molar-refractivity contribution >= 4 is 28.5 Å². The molecular formula is C17H15N5O. The summed E-state index contributed by atoms with van der Waals surface area (Å²) in [6.07, 6.45) is 1.41. The van der Waals surface area contributed by atoms with Crippen molar-refractivity contribution in [1.82, 2.24) is 9.97 Å². The zero-order chi connectivity index (χ0) is 16.0. The number of rotatable bonds is 2. The number of hydrogen-bond donors (Lipinski definition) is 3. The monoisotopic (exact) mass is 305 g/mol. The van der Waals surface area contributed by atoms with Crippen LogP contribution < -0.4 is 17.0 Å². The molecule has 0 radical (unpaired) electrons. The lowest BCUT2D eigenvalue weighted by molar-refractivity contribution is 0.0994. The maximum Gasteiger partial charge on any atom is 0.222 e. The predicted molar refractivity (Wildman–Crippen MR) is 89.8 cm³/mol. The fourth-order valence-corrected chi connectivity index (χ4v) is 3.07. The molecule has 0 saturated carbocycles. The normalized spacial score (nSPS) is 13.3. The number of ketones is 1. The van der Waals surface area contributed by atoms with E-state index in [1.807, 2.05) is 30.3 Å². The molecule has 1 aliphatic carbocycles. The molecule has 114 valence electrons. The molecule has 5 N–H and O–H groups in total. The number of nitrogens with one attached hydrogen (secondary N) is 1. The Labute approximate surface area is 132 Å². The average molecular weight is 305 g/mol. The third kappa shape index (κ3) is 2.20. The lowest BCUT2D eigenvalue weighted by Crippen LogP contribution is -2.11. The van der Waals surface area contributed by atoms with Gasteiger partial charge in [0.1, 0.15) is 0 Å². The van der Waals surface area contributed by atoms with Crippen LogP contribution in [-0.2, 0) is 6.42 Å². The van der Waals surface area contributed by atoms with Gasteiger partial charge < -0.3 is 11.2 Å². The average Bonchev–Trinajstić information content (AvgIpc) is 2.94. The van der Waals surface area contributed by atoms with E-state index in [-0.39, 0.29) is 11.7 Å². The number of carbonyl (C=O) groups is 1. The van der Waals surface area contributed by atoms with Crippen molar-refractivity contribution in [2.75, 3.05) is 11.2 Å². The van der Waals surface area contributed by atoms with Gasteiger partial charge in [-0.3, -0.25) is 4.79 Å². The van der Waals surface area contributed by atoms with Gasteiger partial charge in [0.25, 0.3) is 0 Å². The summed E-state index contributed by atoms with van der Waals surface area (Å²) in [6.45, 7) is 0. The van der Waals surface area contributed by atoms with Crippen molar-refractivity contribution in [2.24, 2.45) is 5.84 Å². The van der Waals surface area contributed by atoms with E-state index in [9.17, 15) is 4.79 Å². The van der Waals surface area contributed by atoms with Crippen LogP contribution in [-0.4, -0.2) is 15.8 Å². The number of nitrogens with two attached hydrogens (primary N) is 2. The number of hydrazine groups is 1. The molecule has 0 amide bonds. The number of nitrogen functional groups attached to an aromatic ring is 2. The molecule has 6 heteroatoms. The fraction of sp³-hybridized carbons (Fsp3) is 0.118. The fourth-order valence-electron chi connectivity index (χ4n) is 3.07. The number of nitrogens with zero attached hydrogens (tertiary/aromatic N) is 2. The van der Waals surface area contributed by atoms with E-state index in [2.05, 4.69) is 21.5 Å². The Morgan fingerprint density at radius 2 is 1.78 bits per heavy atom. The number of carbonyl (C=O) groups excluding carboxylic acids is 1. The molecule has 0 fully saturated rings. The van der Waals surface area contributed by atoms with Crippen LogP contribution in [0.3, 0.4) is 0 Å². The second kappa shape index (κ2) is 5.03. The SMILES string of the molecule is NNc1nc(N)nc2ccc(-c3ccc4c(c3)CCC4=O)cc12. The summed E-state index contributed by atoms with van der Waals surface area (Å²) in [5.41, 5.74) is 13.0. The summed E-state index contributed by atoms with van der Waals surface area (Å²) in [5.74, 6) is 6.42. The Balaban J connectivity index is 1.86. The maximum absolute atomic E-state index is 11.8. The van der Waals surface area contributed by atoms with Crippen molar-refractivity contribution in [3.05, 3.63) is 47.5 Å². The second-order valence-corrected chi connectivity index (χ2v) is 5.60. The maximum atomic E-state index is 11.8. The second-order valence-electron chi connectivity index (χ2n) is 5.60. The largest absolute Gasteiger partial charge is 0.368 e. The van der Waals surface area contributed by atoms with Gasteiger partial charge in [0, 0.05) is 17.4 Å². The lowest BCUT2D eigenvalue weighted by Gasteiger charge is -2.09. The summed E-state index contributed by atoms with van der Waals surface area (Å²) in [4.78, 5) is 20.1. The van der Waals surface area contributed by atoms with Gasteiger partial charge in [-0.2, -0.15) is 4.98 Å². The Bertz CT molecular complexity index is 951. The quantitative estimate of drug-likeness (QED) is 0.495. The highest BCUT2D eigenvalue weighted by Crippen LogP contribution is 2.31. The molecule has 23 heavy (non-hydrogen) atoms. The summed E-state index contributed by atoms with van der Waals surface area (Å²) in [6, 6.07) is 11.8. The summed E-state index contributed by atoms with van der Waals surface area (Å²) in [5, 5.41) is 0.802. The zero-order valence-electron chi connectivity index (χ0n) is 12.3. The Hall–Kier alpha value is -2.99. The van der Waals surface area contributed by atoms with E-state index in [1.54, 1.807) is 0 Å². The van der Waals surface area contributed by atoms with Crippen LogP contribution in [0.5, 0.6) is 0 Å². The van der Waals surface area contributed by atoms with Crippen LogP contribution in [0.1, 0.15) is 22.3 Å². The number of aryl methyl sites for hydroxylation is 1. The third-order valence-corrected chi connectivity index (χ3v) is 4.21. The first-order chi connectivity index (χ1) is 11.2. The highest BCUT2D eigenvalue weighted by Gasteiger charge is 2.19. The number of fused-ring (bicyclic) bond motifs is 2. The zero-order valence-corrected chi connectivity index (χ0v) is 12.3. The minimum atomic E-state index is 0.175. The molecule has 3 aromatic rings.